The molecule has 0 aliphatic heterocycles. The number of nitrogens with two attached hydrogens (primary N) is 1. The summed E-state index contributed by atoms with van der Waals surface area (Å²) in [6, 6.07) is 14.9. The van der Waals surface area contributed by atoms with Crippen LogP contribution in [-0.4, -0.2) is 11.7 Å². The highest BCUT2D eigenvalue weighted by Crippen LogP contribution is 2.44. The van der Waals surface area contributed by atoms with Crippen LogP contribution in [0, 0.1) is 0 Å². The Balaban J connectivity index is 2.17. The second-order valence-electron chi connectivity index (χ2n) is 5.67. The Kier molecular flexibility index (Phi) is 2.75. The maximum Gasteiger partial charge on any atom is 0.221 e. The largest absolute Gasteiger partial charge is 0.397 e. The quantitative estimate of drug-likeness (QED) is 0.528. The van der Waals surface area contributed by atoms with Gasteiger partial charge in [-0.3, -0.25) is 9.59 Å². The fourth-order valence-electron chi connectivity index (χ4n) is 3.28. The number of ketones is 1. The maximum absolute atomic E-state index is 12.8. The number of hydrogen-bond donors (Lipinski definition) is 2. The molecule has 0 aromatic heterocycles. The molecule has 3 aromatic carbocycles. The molecular formula is C19H14N2O2. The van der Waals surface area contributed by atoms with E-state index in [2.05, 4.69) is 5.32 Å². The normalized spacial score (nSPS) is 12.1. The highest BCUT2D eigenvalue weighted by molar-refractivity contribution is 6.28. The zero-order chi connectivity index (χ0) is 16.1. The van der Waals surface area contributed by atoms with Gasteiger partial charge in [-0.25, -0.2) is 0 Å². The number of hydrogen-bond acceptors (Lipinski definition) is 3. The topological polar surface area (TPSA) is 72.2 Å². The van der Waals surface area contributed by atoms with Crippen LogP contribution in [0.1, 0.15) is 22.8 Å². The van der Waals surface area contributed by atoms with E-state index in [0.29, 0.717) is 22.5 Å². The van der Waals surface area contributed by atoms with E-state index >= 15 is 0 Å². The zero-order valence-electron chi connectivity index (χ0n) is 12.5. The molecule has 112 valence electrons. The van der Waals surface area contributed by atoms with Gasteiger partial charge in [-0.2, -0.15) is 0 Å². The number of rotatable bonds is 1. The molecule has 1 amide bonds. The Bertz CT molecular complexity index is 1010. The Morgan fingerprint density at radius 2 is 1.65 bits per heavy atom. The number of carbonyl (C=O) groups is 2. The molecule has 4 heteroatoms. The minimum Gasteiger partial charge on any atom is -0.397 e. The number of benzene rings is 3. The van der Waals surface area contributed by atoms with Gasteiger partial charge in [0, 0.05) is 28.8 Å². The van der Waals surface area contributed by atoms with Crippen LogP contribution < -0.4 is 11.1 Å². The number of carbonyl (C=O) groups excluding carboxylic acids is 2. The summed E-state index contributed by atoms with van der Waals surface area (Å²) in [7, 11) is 0. The number of fused-ring (bicyclic) bond motifs is 2. The molecule has 0 saturated heterocycles. The Hall–Kier alpha value is -3.14. The van der Waals surface area contributed by atoms with Gasteiger partial charge in [-0.15, -0.1) is 0 Å². The number of amides is 1. The van der Waals surface area contributed by atoms with E-state index in [0.717, 1.165) is 21.9 Å². The summed E-state index contributed by atoms with van der Waals surface area (Å²) in [6.45, 7) is 1.44. The van der Waals surface area contributed by atoms with E-state index in [1.807, 2.05) is 48.5 Å². The smallest absolute Gasteiger partial charge is 0.221 e. The molecule has 0 heterocycles. The van der Waals surface area contributed by atoms with Crippen LogP contribution >= 0.6 is 0 Å². The van der Waals surface area contributed by atoms with Gasteiger partial charge in [0.2, 0.25) is 5.91 Å². The predicted octanol–water partition coefficient (Wildman–Crippen LogP) is 3.59. The highest BCUT2D eigenvalue weighted by Gasteiger charge is 2.26. The summed E-state index contributed by atoms with van der Waals surface area (Å²) in [5.41, 5.74) is 10.4. The Morgan fingerprint density at radius 1 is 0.957 bits per heavy atom. The number of anilines is 2. The fourth-order valence-corrected chi connectivity index (χ4v) is 3.28. The monoisotopic (exact) mass is 302 g/mol. The van der Waals surface area contributed by atoms with E-state index < -0.39 is 0 Å². The maximum atomic E-state index is 12.8. The van der Waals surface area contributed by atoms with Gasteiger partial charge in [0.1, 0.15) is 0 Å². The van der Waals surface area contributed by atoms with Crippen LogP contribution in [0.3, 0.4) is 0 Å². The van der Waals surface area contributed by atoms with Crippen LogP contribution in [0.4, 0.5) is 11.4 Å². The summed E-state index contributed by atoms with van der Waals surface area (Å²) in [4.78, 5) is 24.3. The van der Waals surface area contributed by atoms with Gasteiger partial charge >= 0.3 is 0 Å². The third kappa shape index (κ3) is 1.85. The van der Waals surface area contributed by atoms with Crippen molar-refractivity contribution >= 4 is 33.8 Å². The predicted molar refractivity (Wildman–Crippen MR) is 91.5 cm³/mol. The van der Waals surface area contributed by atoms with Crippen molar-refractivity contribution in [3.8, 4) is 11.1 Å². The van der Waals surface area contributed by atoms with Crippen LogP contribution in [-0.2, 0) is 4.79 Å². The van der Waals surface area contributed by atoms with Crippen molar-refractivity contribution < 1.29 is 9.59 Å². The average Bonchev–Trinajstić information content (AvgIpc) is 2.55. The summed E-state index contributed by atoms with van der Waals surface area (Å²) >= 11 is 0. The summed E-state index contributed by atoms with van der Waals surface area (Å²) in [6.07, 6.45) is 0. The molecule has 0 spiro atoms. The highest BCUT2D eigenvalue weighted by atomic mass is 16.1. The van der Waals surface area contributed by atoms with Crippen molar-refractivity contribution in [1.82, 2.24) is 0 Å². The van der Waals surface area contributed by atoms with Gasteiger partial charge in [-0.05, 0) is 17.2 Å². The van der Waals surface area contributed by atoms with Crippen molar-refractivity contribution in [2.75, 3.05) is 11.1 Å². The fraction of sp³-hybridized carbons (Fsp3) is 0.0526. The van der Waals surface area contributed by atoms with E-state index in [1.54, 1.807) is 0 Å². The van der Waals surface area contributed by atoms with E-state index in [-0.39, 0.29) is 11.7 Å². The molecule has 23 heavy (non-hydrogen) atoms. The first-order chi connectivity index (χ1) is 11.1. The summed E-state index contributed by atoms with van der Waals surface area (Å²) in [5.74, 6) is -0.197. The van der Waals surface area contributed by atoms with Gasteiger partial charge in [-0.1, -0.05) is 42.5 Å². The van der Waals surface area contributed by atoms with Crippen LogP contribution in [0.25, 0.3) is 21.9 Å². The minimum absolute atomic E-state index is 0.00255. The lowest BCUT2D eigenvalue weighted by Crippen LogP contribution is -2.13. The second kappa shape index (κ2) is 4.68. The third-order valence-electron chi connectivity index (χ3n) is 4.20. The van der Waals surface area contributed by atoms with Crippen molar-refractivity contribution in [2.24, 2.45) is 0 Å². The molecule has 0 bridgehead atoms. The molecule has 3 N–H and O–H groups in total. The minimum atomic E-state index is -0.195. The summed E-state index contributed by atoms with van der Waals surface area (Å²) < 4.78 is 0. The lowest BCUT2D eigenvalue weighted by Gasteiger charge is -2.22. The molecule has 4 nitrogen and oxygen atoms in total. The molecule has 0 radical (unpaired) electrons. The van der Waals surface area contributed by atoms with Crippen molar-refractivity contribution in [3.05, 3.63) is 59.7 Å². The molecule has 1 aliphatic carbocycles. The van der Waals surface area contributed by atoms with Crippen molar-refractivity contribution in [2.45, 2.75) is 6.92 Å². The van der Waals surface area contributed by atoms with E-state index in [9.17, 15) is 9.59 Å². The number of nitrogens with one attached hydrogen (secondary N) is 1. The number of nitrogen functional groups attached to an aromatic ring is 1. The Morgan fingerprint density at radius 3 is 2.39 bits per heavy atom. The van der Waals surface area contributed by atoms with Crippen LogP contribution in [0.15, 0.2) is 48.5 Å². The Labute approximate surface area is 132 Å². The van der Waals surface area contributed by atoms with E-state index in [4.69, 9.17) is 5.73 Å². The van der Waals surface area contributed by atoms with Gasteiger partial charge in [0.05, 0.1) is 11.4 Å². The van der Waals surface area contributed by atoms with Crippen LogP contribution in [0.5, 0.6) is 0 Å². The molecular weight excluding hydrogens is 288 g/mol. The molecule has 4 rings (SSSR count). The molecule has 3 aromatic rings. The average molecular weight is 302 g/mol. The lowest BCUT2D eigenvalue weighted by atomic mass is 9.82. The summed E-state index contributed by atoms with van der Waals surface area (Å²) in [5, 5.41) is 4.41. The molecule has 0 atom stereocenters. The molecule has 0 unspecified atom stereocenters. The molecule has 0 fully saturated rings. The standard InChI is InChI=1S/C19H14N2O2/c1-10(22)21-18-13-7-4-8-14-17(13)15(9-16(18)20)11-5-2-3-6-12(11)19(14)23/h2-9H,20H2,1H3,(H,21,22). The van der Waals surface area contributed by atoms with Gasteiger partial charge in [0.25, 0.3) is 0 Å². The second-order valence-corrected chi connectivity index (χ2v) is 5.67. The van der Waals surface area contributed by atoms with Crippen molar-refractivity contribution in [1.29, 1.82) is 0 Å². The van der Waals surface area contributed by atoms with Crippen molar-refractivity contribution in [3.63, 3.8) is 0 Å². The first-order valence-electron chi connectivity index (χ1n) is 7.35. The first-order valence-corrected chi connectivity index (χ1v) is 7.35. The SMILES string of the molecule is CC(=O)Nc1c(N)cc2c3c(cccc13)C(=O)c1ccccc1-2. The molecule has 0 saturated carbocycles. The van der Waals surface area contributed by atoms with Crippen LogP contribution in [0.2, 0.25) is 0 Å². The third-order valence-corrected chi connectivity index (χ3v) is 4.20. The van der Waals surface area contributed by atoms with E-state index in [1.165, 1.54) is 6.92 Å². The van der Waals surface area contributed by atoms with Gasteiger partial charge < -0.3 is 11.1 Å². The lowest BCUT2D eigenvalue weighted by molar-refractivity contribution is -0.114. The first kappa shape index (κ1) is 13.5. The zero-order valence-corrected chi connectivity index (χ0v) is 12.5. The van der Waals surface area contributed by atoms with Gasteiger partial charge in [0.15, 0.2) is 5.78 Å². The molecule has 1 aliphatic rings.